The van der Waals surface area contributed by atoms with E-state index in [9.17, 15) is 4.79 Å². The van der Waals surface area contributed by atoms with Crippen molar-refractivity contribution in [2.24, 2.45) is 0 Å². The Kier molecular flexibility index (Phi) is 5.08. The Bertz CT molecular complexity index is 686. The third-order valence-corrected chi connectivity index (χ3v) is 4.17. The number of hydrogen-bond donors (Lipinski definition) is 2. The summed E-state index contributed by atoms with van der Waals surface area (Å²) in [5, 5.41) is 6.82. The van der Waals surface area contributed by atoms with E-state index in [4.69, 9.17) is 11.6 Å². The molecule has 1 amide bonds. The van der Waals surface area contributed by atoms with Gasteiger partial charge in [0.15, 0.2) is 0 Å². The van der Waals surface area contributed by atoms with Crippen LogP contribution in [0.2, 0.25) is 5.02 Å². The lowest BCUT2D eigenvalue weighted by Crippen LogP contribution is -2.36. The Hall–Kier alpha value is -2.14. The summed E-state index contributed by atoms with van der Waals surface area (Å²) in [4.78, 5) is 20.5. The SMILES string of the molecule is O=C(NC1CCCCC1)c1cc(Nc2cccc(Cl)c2)ncn1. The van der Waals surface area contributed by atoms with Crippen molar-refractivity contribution in [1.29, 1.82) is 0 Å². The van der Waals surface area contributed by atoms with Gasteiger partial charge in [-0.05, 0) is 31.0 Å². The predicted octanol–water partition coefficient (Wildman–Crippen LogP) is 3.94. The van der Waals surface area contributed by atoms with Crippen molar-refractivity contribution < 1.29 is 4.79 Å². The summed E-state index contributed by atoms with van der Waals surface area (Å²) < 4.78 is 0. The molecule has 0 bridgehead atoms. The van der Waals surface area contributed by atoms with Gasteiger partial charge in [0.25, 0.3) is 5.91 Å². The van der Waals surface area contributed by atoms with Gasteiger partial charge in [-0.25, -0.2) is 9.97 Å². The van der Waals surface area contributed by atoms with E-state index >= 15 is 0 Å². The first-order chi connectivity index (χ1) is 11.2. The van der Waals surface area contributed by atoms with Crippen LogP contribution in [0.4, 0.5) is 11.5 Å². The van der Waals surface area contributed by atoms with Crippen LogP contribution in [0.15, 0.2) is 36.7 Å². The molecule has 1 aromatic heterocycles. The van der Waals surface area contributed by atoms with Gasteiger partial charge in [0.05, 0.1) is 0 Å². The number of benzene rings is 1. The number of hydrogen-bond acceptors (Lipinski definition) is 4. The van der Waals surface area contributed by atoms with E-state index in [-0.39, 0.29) is 11.9 Å². The largest absolute Gasteiger partial charge is 0.348 e. The standard InChI is InChI=1S/C17H19ClN4O/c18-12-5-4-8-14(9-12)21-16-10-15(19-11-20-16)17(23)22-13-6-2-1-3-7-13/h4-5,8-11,13H,1-3,6-7H2,(H,22,23)(H,19,20,21). The molecule has 23 heavy (non-hydrogen) atoms. The first-order valence-corrected chi connectivity index (χ1v) is 8.24. The zero-order valence-corrected chi connectivity index (χ0v) is 13.5. The third-order valence-electron chi connectivity index (χ3n) is 3.94. The molecule has 1 aromatic carbocycles. The highest BCUT2D eigenvalue weighted by Crippen LogP contribution is 2.20. The molecule has 0 aliphatic heterocycles. The third kappa shape index (κ3) is 4.42. The van der Waals surface area contributed by atoms with Crippen LogP contribution in [0.5, 0.6) is 0 Å². The first-order valence-electron chi connectivity index (χ1n) is 7.86. The lowest BCUT2D eigenvalue weighted by molar-refractivity contribution is 0.0922. The minimum absolute atomic E-state index is 0.145. The maximum Gasteiger partial charge on any atom is 0.270 e. The molecule has 3 rings (SSSR count). The van der Waals surface area contributed by atoms with Gasteiger partial charge in [-0.2, -0.15) is 0 Å². The van der Waals surface area contributed by atoms with Crippen molar-refractivity contribution in [3.8, 4) is 0 Å². The highest BCUT2D eigenvalue weighted by Gasteiger charge is 2.17. The molecule has 0 spiro atoms. The van der Waals surface area contributed by atoms with Gasteiger partial charge in [0, 0.05) is 22.8 Å². The van der Waals surface area contributed by atoms with Gasteiger partial charge in [-0.1, -0.05) is 36.9 Å². The fraction of sp³-hybridized carbons (Fsp3) is 0.353. The average Bonchev–Trinajstić information content (AvgIpc) is 2.56. The van der Waals surface area contributed by atoms with E-state index in [1.807, 2.05) is 12.1 Å². The molecule has 120 valence electrons. The van der Waals surface area contributed by atoms with E-state index in [2.05, 4.69) is 20.6 Å². The van der Waals surface area contributed by atoms with Crippen LogP contribution < -0.4 is 10.6 Å². The summed E-state index contributed by atoms with van der Waals surface area (Å²) in [6.45, 7) is 0. The van der Waals surface area contributed by atoms with E-state index in [1.54, 1.807) is 18.2 Å². The second-order valence-electron chi connectivity index (χ2n) is 5.73. The molecule has 5 nitrogen and oxygen atoms in total. The smallest absolute Gasteiger partial charge is 0.270 e. The highest BCUT2D eigenvalue weighted by molar-refractivity contribution is 6.30. The van der Waals surface area contributed by atoms with Crippen molar-refractivity contribution in [3.05, 3.63) is 47.4 Å². The summed E-state index contributed by atoms with van der Waals surface area (Å²) in [6.07, 6.45) is 7.09. The fourth-order valence-electron chi connectivity index (χ4n) is 2.77. The highest BCUT2D eigenvalue weighted by atomic mass is 35.5. The number of nitrogens with zero attached hydrogens (tertiary/aromatic N) is 2. The summed E-state index contributed by atoms with van der Waals surface area (Å²) in [5.41, 5.74) is 1.19. The van der Waals surface area contributed by atoms with Crippen LogP contribution in [0.25, 0.3) is 0 Å². The Balaban J connectivity index is 1.67. The quantitative estimate of drug-likeness (QED) is 0.891. The molecule has 6 heteroatoms. The van der Waals surface area contributed by atoms with E-state index < -0.39 is 0 Å². The van der Waals surface area contributed by atoms with Crippen molar-refractivity contribution >= 4 is 29.0 Å². The van der Waals surface area contributed by atoms with Gasteiger partial charge in [0.2, 0.25) is 0 Å². The molecule has 0 unspecified atom stereocenters. The molecule has 2 N–H and O–H groups in total. The molecular formula is C17H19ClN4O. The number of carbonyl (C=O) groups excluding carboxylic acids is 1. The van der Waals surface area contributed by atoms with E-state index in [0.717, 1.165) is 18.5 Å². The molecule has 1 heterocycles. The van der Waals surface area contributed by atoms with E-state index in [1.165, 1.54) is 25.6 Å². The maximum absolute atomic E-state index is 12.3. The van der Waals surface area contributed by atoms with Gasteiger partial charge in [-0.15, -0.1) is 0 Å². The van der Waals surface area contributed by atoms with Crippen molar-refractivity contribution in [2.45, 2.75) is 38.1 Å². The van der Waals surface area contributed by atoms with Crippen LogP contribution >= 0.6 is 11.6 Å². The lowest BCUT2D eigenvalue weighted by atomic mass is 9.95. The van der Waals surface area contributed by atoms with Gasteiger partial charge < -0.3 is 10.6 Å². The summed E-state index contributed by atoms with van der Waals surface area (Å²) >= 11 is 5.96. The van der Waals surface area contributed by atoms with Crippen molar-refractivity contribution in [1.82, 2.24) is 15.3 Å². The van der Waals surface area contributed by atoms with Crippen LogP contribution in [-0.2, 0) is 0 Å². The van der Waals surface area contributed by atoms with Gasteiger partial charge in [0.1, 0.15) is 17.8 Å². The molecule has 2 aromatic rings. The van der Waals surface area contributed by atoms with E-state index in [0.29, 0.717) is 16.5 Å². The number of carbonyl (C=O) groups is 1. The topological polar surface area (TPSA) is 66.9 Å². The Morgan fingerprint density at radius 1 is 1.13 bits per heavy atom. The van der Waals surface area contributed by atoms with Crippen LogP contribution in [0.1, 0.15) is 42.6 Å². The monoisotopic (exact) mass is 330 g/mol. The number of halogens is 1. The van der Waals surface area contributed by atoms with Crippen LogP contribution in [0.3, 0.4) is 0 Å². The lowest BCUT2D eigenvalue weighted by Gasteiger charge is -2.22. The number of rotatable bonds is 4. The molecule has 1 aliphatic carbocycles. The predicted molar refractivity (Wildman–Crippen MR) is 91.1 cm³/mol. The molecule has 0 radical (unpaired) electrons. The molecule has 0 saturated heterocycles. The number of aromatic nitrogens is 2. The summed E-state index contributed by atoms with van der Waals surface area (Å²) in [6, 6.07) is 9.24. The first kappa shape index (κ1) is 15.7. The van der Waals surface area contributed by atoms with Crippen LogP contribution in [-0.4, -0.2) is 21.9 Å². The average molecular weight is 331 g/mol. The van der Waals surface area contributed by atoms with Gasteiger partial charge >= 0.3 is 0 Å². The van der Waals surface area contributed by atoms with Crippen molar-refractivity contribution in [3.63, 3.8) is 0 Å². The summed E-state index contributed by atoms with van der Waals surface area (Å²) in [7, 11) is 0. The Morgan fingerprint density at radius 2 is 1.96 bits per heavy atom. The zero-order chi connectivity index (χ0) is 16.1. The molecule has 1 saturated carbocycles. The minimum atomic E-state index is -0.145. The Morgan fingerprint density at radius 3 is 2.74 bits per heavy atom. The molecule has 1 aliphatic rings. The maximum atomic E-state index is 12.3. The van der Waals surface area contributed by atoms with Crippen LogP contribution in [0, 0.1) is 0 Å². The second-order valence-corrected chi connectivity index (χ2v) is 6.17. The number of anilines is 2. The molecular weight excluding hydrogens is 312 g/mol. The number of amides is 1. The minimum Gasteiger partial charge on any atom is -0.348 e. The van der Waals surface area contributed by atoms with Crippen molar-refractivity contribution in [2.75, 3.05) is 5.32 Å². The number of nitrogens with one attached hydrogen (secondary N) is 2. The van der Waals surface area contributed by atoms with Gasteiger partial charge in [-0.3, -0.25) is 4.79 Å². The zero-order valence-electron chi connectivity index (χ0n) is 12.8. The fourth-order valence-corrected chi connectivity index (χ4v) is 2.96. The molecule has 1 fully saturated rings. The summed E-state index contributed by atoms with van der Waals surface area (Å²) in [5.74, 6) is 0.421. The normalized spacial score (nSPS) is 15.2. The Labute approximate surface area is 140 Å². The molecule has 0 atom stereocenters. The second kappa shape index (κ2) is 7.42.